The molecule has 1 aromatic carbocycles. The topological polar surface area (TPSA) is 89.0 Å². The Hall–Kier alpha value is -2.65. The largest absolute Gasteiger partial charge is 0.465 e. The van der Waals surface area contributed by atoms with E-state index in [4.69, 9.17) is 5.11 Å². The Morgan fingerprint density at radius 3 is 2.64 bits per heavy atom. The van der Waals surface area contributed by atoms with Crippen molar-refractivity contribution >= 4 is 34.2 Å². The maximum atomic E-state index is 12.9. The van der Waals surface area contributed by atoms with Gasteiger partial charge in [-0.05, 0) is 19.2 Å². The maximum Gasteiger partial charge on any atom is 0.407 e. The zero-order chi connectivity index (χ0) is 19.7. The summed E-state index contributed by atoms with van der Waals surface area (Å²) in [6.45, 7) is 3.83. The van der Waals surface area contributed by atoms with Crippen molar-refractivity contribution in [2.24, 2.45) is 0 Å². The van der Waals surface area contributed by atoms with Crippen LogP contribution in [0.25, 0.3) is 0 Å². The maximum absolute atomic E-state index is 12.9. The van der Waals surface area contributed by atoms with E-state index < -0.39 is 6.09 Å². The molecule has 2 N–H and O–H groups in total. The number of thiazole rings is 1. The predicted octanol–water partition coefficient (Wildman–Crippen LogP) is 2.18. The molecule has 0 saturated carbocycles. The molecule has 2 aromatic rings. The van der Waals surface area contributed by atoms with Gasteiger partial charge in [0, 0.05) is 56.3 Å². The van der Waals surface area contributed by atoms with Crippen LogP contribution in [-0.2, 0) is 13.0 Å². The van der Waals surface area contributed by atoms with Crippen LogP contribution in [0.15, 0.2) is 24.3 Å². The Balaban J connectivity index is 1.49. The van der Waals surface area contributed by atoms with Crippen LogP contribution in [0.1, 0.15) is 20.9 Å². The van der Waals surface area contributed by atoms with Crippen LogP contribution in [0.4, 0.5) is 15.6 Å². The van der Waals surface area contributed by atoms with E-state index in [1.54, 1.807) is 6.07 Å². The van der Waals surface area contributed by atoms with Crippen molar-refractivity contribution in [3.05, 3.63) is 40.4 Å². The van der Waals surface area contributed by atoms with E-state index in [0.717, 1.165) is 30.9 Å². The number of carboxylic acid groups (broad SMARTS) is 1. The lowest BCUT2D eigenvalue weighted by molar-refractivity contribution is 0.102. The number of anilines is 2. The fourth-order valence-electron chi connectivity index (χ4n) is 3.62. The summed E-state index contributed by atoms with van der Waals surface area (Å²) in [6.07, 6.45) is 0.00638. The Morgan fingerprint density at radius 2 is 1.89 bits per heavy atom. The first-order valence-corrected chi connectivity index (χ1v) is 10.1. The smallest absolute Gasteiger partial charge is 0.407 e. The summed E-state index contributed by atoms with van der Waals surface area (Å²) in [4.78, 5) is 35.6. The molecular weight excluding hydrogens is 378 g/mol. The van der Waals surface area contributed by atoms with Crippen molar-refractivity contribution in [3.63, 3.8) is 0 Å². The second-order valence-corrected chi connectivity index (χ2v) is 8.19. The number of nitrogens with zero attached hydrogens (tertiary/aromatic N) is 4. The summed E-state index contributed by atoms with van der Waals surface area (Å²) in [6, 6.07) is 7.45. The van der Waals surface area contributed by atoms with Gasteiger partial charge in [-0.2, -0.15) is 0 Å². The summed E-state index contributed by atoms with van der Waals surface area (Å²) < 4.78 is 0. The molecule has 4 rings (SSSR count). The molecule has 1 aromatic heterocycles. The lowest BCUT2D eigenvalue weighted by Gasteiger charge is -2.35. The van der Waals surface area contributed by atoms with Crippen LogP contribution in [0.2, 0.25) is 0 Å². The monoisotopic (exact) mass is 401 g/mol. The van der Waals surface area contributed by atoms with Crippen molar-refractivity contribution in [2.75, 3.05) is 50.0 Å². The highest BCUT2D eigenvalue weighted by Crippen LogP contribution is 2.29. The number of hydrogen-bond donors (Lipinski definition) is 2. The number of hydrogen-bond acceptors (Lipinski definition) is 6. The molecule has 9 heteroatoms. The number of carbonyl (C=O) groups excluding carboxylic acids is 1. The first kappa shape index (κ1) is 18.7. The molecular formula is C19H23N5O3S. The minimum atomic E-state index is -0.899. The molecule has 1 fully saturated rings. The van der Waals surface area contributed by atoms with E-state index in [1.165, 1.54) is 21.1 Å². The van der Waals surface area contributed by atoms with Crippen molar-refractivity contribution in [1.82, 2.24) is 14.8 Å². The van der Waals surface area contributed by atoms with E-state index in [1.807, 2.05) is 18.2 Å². The van der Waals surface area contributed by atoms with Gasteiger partial charge in [0.15, 0.2) is 5.13 Å². The SMILES string of the molecule is CN1CCc2nc(NC(=O)c3ccccc3N3CCN(C(=O)O)CC3)sc2C1. The zero-order valence-corrected chi connectivity index (χ0v) is 16.5. The lowest BCUT2D eigenvalue weighted by Crippen LogP contribution is -2.48. The zero-order valence-electron chi connectivity index (χ0n) is 15.7. The van der Waals surface area contributed by atoms with Crippen molar-refractivity contribution < 1.29 is 14.7 Å². The second-order valence-electron chi connectivity index (χ2n) is 7.10. The van der Waals surface area contributed by atoms with Gasteiger partial charge < -0.3 is 19.8 Å². The second kappa shape index (κ2) is 7.76. The van der Waals surface area contributed by atoms with E-state index in [0.29, 0.717) is 36.9 Å². The van der Waals surface area contributed by atoms with Gasteiger partial charge in [0.1, 0.15) is 0 Å². The normalized spacial score (nSPS) is 17.3. The molecule has 2 aliphatic rings. The molecule has 8 nitrogen and oxygen atoms in total. The third-order valence-electron chi connectivity index (χ3n) is 5.18. The highest BCUT2D eigenvalue weighted by atomic mass is 32.1. The van der Waals surface area contributed by atoms with Gasteiger partial charge in [0.25, 0.3) is 5.91 Å². The van der Waals surface area contributed by atoms with Crippen molar-refractivity contribution in [1.29, 1.82) is 0 Å². The summed E-state index contributed by atoms with van der Waals surface area (Å²) >= 11 is 1.54. The van der Waals surface area contributed by atoms with Gasteiger partial charge in [-0.25, -0.2) is 9.78 Å². The van der Waals surface area contributed by atoms with E-state index in [2.05, 4.69) is 27.1 Å². The van der Waals surface area contributed by atoms with Gasteiger partial charge in [0.2, 0.25) is 0 Å². The van der Waals surface area contributed by atoms with Crippen molar-refractivity contribution in [2.45, 2.75) is 13.0 Å². The molecule has 0 aliphatic carbocycles. The highest BCUT2D eigenvalue weighted by Gasteiger charge is 2.24. The number of para-hydroxylation sites is 1. The van der Waals surface area contributed by atoms with Gasteiger partial charge >= 0.3 is 6.09 Å². The fourth-order valence-corrected chi connectivity index (χ4v) is 4.70. The number of rotatable bonds is 3. The van der Waals surface area contributed by atoms with Crippen LogP contribution in [-0.4, -0.2) is 71.7 Å². The third-order valence-corrected chi connectivity index (χ3v) is 6.18. The molecule has 148 valence electrons. The van der Waals surface area contributed by atoms with Crippen LogP contribution in [0.5, 0.6) is 0 Å². The molecule has 2 amide bonds. The van der Waals surface area contributed by atoms with Crippen molar-refractivity contribution in [3.8, 4) is 0 Å². The number of piperazine rings is 1. The van der Waals surface area contributed by atoms with Gasteiger partial charge in [-0.1, -0.05) is 12.1 Å². The summed E-state index contributed by atoms with van der Waals surface area (Å²) in [5.41, 5.74) is 2.49. The Kier molecular flexibility index (Phi) is 5.19. The molecule has 2 aliphatic heterocycles. The number of nitrogens with one attached hydrogen (secondary N) is 1. The minimum Gasteiger partial charge on any atom is -0.465 e. The summed E-state index contributed by atoms with van der Waals surface area (Å²) in [5, 5.41) is 12.7. The molecule has 0 spiro atoms. The molecule has 0 atom stereocenters. The molecule has 0 radical (unpaired) electrons. The molecule has 3 heterocycles. The molecule has 1 saturated heterocycles. The number of amides is 2. The number of likely N-dealkylation sites (N-methyl/N-ethyl adjacent to an activating group) is 1. The summed E-state index contributed by atoms with van der Waals surface area (Å²) in [7, 11) is 2.08. The number of fused-ring (bicyclic) bond motifs is 1. The van der Waals surface area contributed by atoms with E-state index in [9.17, 15) is 9.59 Å². The Bertz CT molecular complexity index is 891. The molecule has 0 unspecified atom stereocenters. The van der Waals surface area contributed by atoms with Crippen LogP contribution in [0, 0.1) is 0 Å². The first-order chi connectivity index (χ1) is 13.5. The van der Waals surface area contributed by atoms with E-state index in [-0.39, 0.29) is 5.91 Å². The van der Waals surface area contributed by atoms with E-state index >= 15 is 0 Å². The molecule has 28 heavy (non-hydrogen) atoms. The first-order valence-electron chi connectivity index (χ1n) is 9.31. The standard InChI is InChI=1S/C19H23N5O3S/c1-22-7-6-14-16(12-22)28-18(20-14)21-17(25)13-4-2-3-5-15(13)23-8-10-24(11-9-23)19(26)27/h2-5H,6-12H2,1H3,(H,26,27)(H,20,21,25). The van der Waals surface area contributed by atoms with Gasteiger partial charge in [-0.15, -0.1) is 11.3 Å². The lowest BCUT2D eigenvalue weighted by atomic mass is 10.1. The summed E-state index contributed by atoms with van der Waals surface area (Å²) in [5.74, 6) is -0.185. The van der Waals surface area contributed by atoms with Gasteiger partial charge in [-0.3, -0.25) is 10.1 Å². The number of benzene rings is 1. The van der Waals surface area contributed by atoms with Crippen LogP contribution in [0.3, 0.4) is 0 Å². The predicted molar refractivity (Wildman–Crippen MR) is 108 cm³/mol. The van der Waals surface area contributed by atoms with Crippen LogP contribution >= 0.6 is 11.3 Å². The Labute approximate surface area is 167 Å². The van der Waals surface area contributed by atoms with Crippen LogP contribution < -0.4 is 10.2 Å². The molecule has 0 bridgehead atoms. The average molecular weight is 401 g/mol. The number of aromatic nitrogens is 1. The third kappa shape index (κ3) is 3.81. The van der Waals surface area contributed by atoms with Gasteiger partial charge in [0.05, 0.1) is 11.3 Å². The number of carbonyl (C=O) groups is 2. The quantitative estimate of drug-likeness (QED) is 0.820. The highest BCUT2D eigenvalue weighted by molar-refractivity contribution is 7.15. The average Bonchev–Trinajstić information content (AvgIpc) is 3.09. The minimum absolute atomic E-state index is 0.185. The Morgan fingerprint density at radius 1 is 1.14 bits per heavy atom. The fraction of sp³-hybridized carbons (Fsp3) is 0.421.